The van der Waals surface area contributed by atoms with Gasteiger partial charge in [-0.2, -0.15) is 0 Å². The van der Waals surface area contributed by atoms with E-state index in [-0.39, 0.29) is 78.2 Å². The molecule has 0 radical (unpaired) electrons. The number of aliphatic hydroxyl groups excluding tert-OH is 1. The van der Waals surface area contributed by atoms with Crippen molar-refractivity contribution in [1.82, 2.24) is 35.2 Å². The molecule has 3 aromatic heterocycles. The molecule has 6 rings (SSSR count). The normalized spacial score (nSPS) is 14.5. The lowest BCUT2D eigenvalue weighted by Crippen LogP contribution is -2.44. The van der Waals surface area contributed by atoms with Crippen LogP contribution in [0.2, 0.25) is 10.0 Å². The molecule has 4 N–H and O–H groups in total. The van der Waals surface area contributed by atoms with E-state index in [1.165, 1.54) is 35.7 Å². The quantitative estimate of drug-likeness (QED) is 0.101. The van der Waals surface area contributed by atoms with E-state index in [2.05, 4.69) is 25.9 Å². The maximum absolute atomic E-state index is 16.2. The van der Waals surface area contributed by atoms with Crippen LogP contribution < -0.4 is 26.2 Å². The molecule has 1 aliphatic heterocycles. The molecule has 1 aliphatic rings. The molecule has 316 valence electrons. The minimum Gasteiger partial charge on any atom is -0.481 e. The molecule has 17 heteroatoms. The van der Waals surface area contributed by atoms with Crippen molar-refractivity contribution in [3.63, 3.8) is 0 Å². The van der Waals surface area contributed by atoms with E-state index < -0.39 is 23.6 Å². The van der Waals surface area contributed by atoms with Crippen LogP contribution in [0, 0.1) is 5.82 Å². The molecular formula is C43H46Cl2FN7O7. The molecule has 5 aromatic rings. The van der Waals surface area contributed by atoms with Gasteiger partial charge in [-0.05, 0) is 44.9 Å². The Morgan fingerprint density at radius 2 is 1.75 bits per heavy atom. The first kappa shape index (κ1) is 44.0. The van der Waals surface area contributed by atoms with Gasteiger partial charge in [0.15, 0.2) is 0 Å². The molecule has 14 nitrogen and oxygen atoms in total. The molecule has 0 unspecified atom stereocenters. The van der Waals surface area contributed by atoms with Gasteiger partial charge in [0.1, 0.15) is 17.1 Å². The van der Waals surface area contributed by atoms with Gasteiger partial charge < -0.3 is 35.4 Å². The SMILES string of the molecule is CNC(=O)C[C@H](O)CNCc1cnc2cc(-c3cccc(-c4cccc(-c5cc(F)c(CN(C[C@@H]6CCC(=O)N6)C(=O)OC(C)(C)C)c(OC)n5)c4Cl)c3Cl)ccn2c1=O. The van der Waals surface area contributed by atoms with Crippen LogP contribution in [0.4, 0.5) is 9.18 Å². The number of fused-ring (bicyclic) bond motifs is 1. The summed E-state index contributed by atoms with van der Waals surface area (Å²) in [6.45, 7) is 5.32. The van der Waals surface area contributed by atoms with Gasteiger partial charge in [-0.15, -0.1) is 0 Å². The molecule has 1 fully saturated rings. The smallest absolute Gasteiger partial charge is 0.410 e. The van der Waals surface area contributed by atoms with Gasteiger partial charge >= 0.3 is 6.09 Å². The van der Waals surface area contributed by atoms with Gasteiger partial charge in [-0.1, -0.05) is 59.6 Å². The summed E-state index contributed by atoms with van der Waals surface area (Å²) >= 11 is 14.2. The Morgan fingerprint density at radius 1 is 1.07 bits per heavy atom. The molecule has 0 spiro atoms. The van der Waals surface area contributed by atoms with Crippen LogP contribution >= 0.6 is 23.2 Å². The zero-order chi connectivity index (χ0) is 43.3. The van der Waals surface area contributed by atoms with Crippen LogP contribution in [0.25, 0.3) is 39.2 Å². The minimum atomic E-state index is -0.910. The van der Waals surface area contributed by atoms with E-state index in [9.17, 15) is 24.3 Å². The lowest BCUT2D eigenvalue weighted by Gasteiger charge is -2.29. The number of aliphatic hydroxyl groups is 1. The Morgan fingerprint density at radius 3 is 2.40 bits per heavy atom. The van der Waals surface area contributed by atoms with Crippen LogP contribution in [0.1, 0.15) is 51.2 Å². The number of carbonyl (C=O) groups excluding carboxylic acids is 3. The average Bonchev–Trinajstić information content (AvgIpc) is 3.62. The van der Waals surface area contributed by atoms with E-state index in [0.717, 1.165) is 0 Å². The number of hydrogen-bond donors (Lipinski definition) is 4. The first-order valence-electron chi connectivity index (χ1n) is 19.2. The summed E-state index contributed by atoms with van der Waals surface area (Å²) in [5.41, 5.74) is 2.72. The number of carbonyl (C=O) groups is 3. The molecule has 4 heterocycles. The molecular weight excluding hydrogens is 816 g/mol. The number of benzene rings is 2. The largest absolute Gasteiger partial charge is 0.481 e. The summed E-state index contributed by atoms with van der Waals surface area (Å²) < 4.78 is 28.8. The Balaban J connectivity index is 1.26. The Hall–Kier alpha value is -5.61. The highest BCUT2D eigenvalue weighted by Gasteiger charge is 2.31. The van der Waals surface area contributed by atoms with Crippen molar-refractivity contribution in [2.75, 3.05) is 27.2 Å². The summed E-state index contributed by atoms with van der Waals surface area (Å²) in [6, 6.07) is 15.1. The predicted molar refractivity (Wildman–Crippen MR) is 226 cm³/mol. The molecule has 2 aromatic carbocycles. The molecule has 0 bridgehead atoms. The predicted octanol–water partition coefficient (Wildman–Crippen LogP) is 6.15. The molecule has 2 atom stereocenters. The molecule has 1 saturated heterocycles. The number of nitrogens with zero attached hydrogens (tertiary/aromatic N) is 4. The third-order valence-corrected chi connectivity index (χ3v) is 10.6. The second-order valence-electron chi connectivity index (χ2n) is 15.4. The Labute approximate surface area is 356 Å². The van der Waals surface area contributed by atoms with Crippen LogP contribution in [0.5, 0.6) is 5.88 Å². The highest BCUT2D eigenvalue weighted by molar-refractivity contribution is 6.39. The van der Waals surface area contributed by atoms with E-state index in [4.69, 9.17) is 32.7 Å². The fourth-order valence-corrected chi connectivity index (χ4v) is 7.50. The third-order valence-electron chi connectivity index (χ3n) is 9.80. The lowest BCUT2D eigenvalue weighted by atomic mass is 9.97. The van der Waals surface area contributed by atoms with Crippen molar-refractivity contribution >= 4 is 46.8 Å². The highest BCUT2D eigenvalue weighted by Crippen LogP contribution is 2.43. The van der Waals surface area contributed by atoms with Crippen molar-refractivity contribution < 1.29 is 33.4 Å². The zero-order valence-electron chi connectivity index (χ0n) is 33.8. The second-order valence-corrected chi connectivity index (χ2v) is 16.1. The number of methoxy groups -OCH3 is 1. The number of amides is 3. The van der Waals surface area contributed by atoms with Gasteiger partial charge in [0.05, 0.1) is 47.5 Å². The number of aromatic nitrogens is 3. The number of hydrogen-bond acceptors (Lipinski definition) is 10. The van der Waals surface area contributed by atoms with E-state index in [0.29, 0.717) is 56.9 Å². The fraction of sp³-hybridized carbons (Fsp3) is 0.349. The number of rotatable bonds is 14. The van der Waals surface area contributed by atoms with Crippen molar-refractivity contribution in [2.24, 2.45) is 0 Å². The maximum atomic E-state index is 16.2. The van der Waals surface area contributed by atoms with Crippen molar-refractivity contribution in [2.45, 2.75) is 70.9 Å². The summed E-state index contributed by atoms with van der Waals surface area (Å²) in [5.74, 6) is -1.15. The van der Waals surface area contributed by atoms with Gasteiger partial charge in [0.2, 0.25) is 17.7 Å². The monoisotopic (exact) mass is 861 g/mol. The highest BCUT2D eigenvalue weighted by atomic mass is 35.5. The van der Waals surface area contributed by atoms with E-state index in [1.807, 2.05) is 12.1 Å². The third kappa shape index (κ3) is 10.2. The molecule has 0 saturated carbocycles. The van der Waals surface area contributed by atoms with Gasteiger partial charge in [-0.3, -0.25) is 18.8 Å². The lowest BCUT2D eigenvalue weighted by molar-refractivity contribution is -0.122. The molecule has 3 amide bonds. The summed E-state index contributed by atoms with van der Waals surface area (Å²) in [5, 5.41) is 19.0. The summed E-state index contributed by atoms with van der Waals surface area (Å²) in [7, 11) is 2.85. The summed E-state index contributed by atoms with van der Waals surface area (Å²) in [4.78, 5) is 60.5. The van der Waals surface area contributed by atoms with E-state index >= 15 is 4.39 Å². The van der Waals surface area contributed by atoms with Crippen molar-refractivity contribution in [1.29, 1.82) is 0 Å². The molecule has 0 aliphatic carbocycles. The van der Waals surface area contributed by atoms with E-state index in [1.54, 1.807) is 63.4 Å². The second kappa shape index (κ2) is 18.8. The Bertz CT molecular complexity index is 2490. The number of pyridine rings is 2. The van der Waals surface area contributed by atoms with Crippen molar-refractivity contribution in [3.05, 3.63) is 104 Å². The van der Waals surface area contributed by atoms with Gasteiger partial charge in [0.25, 0.3) is 5.56 Å². The number of ether oxygens (including phenoxy) is 2. The zero-order valence-corrected chi connectivity index (χ0v) is 35.3. The maximum Gasteiger partial charge on any atom is 0.410 e. The first-order valence-corrected chi connectivity index (χ1v) is 20.0. The molecule has 60 heavy (non-hydrogen) atoms. The first-order chi connectivity index (χ1) is 28.6. The van der Waals surface area contributed by atoms with Crippen molar-refractivity contribution in [3.8, 4) is 39.4 Å². The van der Waals surface area contributed by atoms with Crippen LogP contribution in [0.3, 0.4) is 0 Å². The average molecular weight is 863 g/mol. The van der Waals surface area contributed by atoms with Gasteiger partial charge in [0, 0.05) is 85.4 Å². The number of nitrogens with one attached hydrogen (secondary N) is 3. The topological polar surface area (TPSA) is 176 Å². The number of halogens is 3. The van der Waals surface area contributed by atoms with Crippen LogP contribution in [-0.4, -0.2) is 87.3 Å². The van der Waals surface area contributed by atoms with Crippen LogP contribution in [-0.2, 0) is 27.4 Å². The van der Waals surface area contributed by atoms with Gasteiger partial charge in [-0.25, -0.2) is 19.2 Å². The summed E-state index contributed by atoms with van der Waals surface area (Å²) in [6.07, 6.45) is 2.28. The minimum absolute atomic E-state index is 0.0221. The fourth-order valence-electron chi connectivity index (χ4n) is 6.83. The Kier molecular flexibility index (Phi) is 13.7. The van der Waals surface area contributed by atoms with Crippen LogP contribution in [0.15, 0.2) is 71.8 Å². The standard InChI is InChI=1S/C43H46Cl2FN7O7/c1-43(2,3)60-42(58)52(22-26-12-13-36(55)50-26)23-32-33(46)18-34(51-40(32)59-5)31-11-7-10-30(39(31)45)29-9-6-8-28(38(29)44)24-14-15-53-35(16-24)49-20-25(41(53)57)19-48-21-27(54)17-37(56)47-4/h6-11,14-16,18,20,26-27,48,54H,12-13,17,19,21-23H2,1-5H3,(H,47,56)(H,50,55)/t26-,27-/m0/s1.